The van der Waals surface area contributed by atoms with Gasteiger partial charge in [-0.05, 0) is 40.6 Å². The van der Waals surface area contributed by atoms with Crippen LogP contribution in [0.25, 0.3) is 10.8 Å². The summed E-state index contributed by atoms with van der Waals surface area (Å²) in [7, 11) is -2.45. The molecule has 9 heteroatoms. The summed E-state index contributed by atoms with van der Waals surface area (Å²) in [6.07, 6.45) is 1.57. The Morgan fingerprint density at radius 1 is 1.03 bits per heavy atom. The number of hydrogen-bond acceptors (Lipinski definition) is 4. The highest BCUT2D eigenvalue weighted by Gasteiger charge is 2.23. The number of hydrogen-bond donors (Lipinski definition) is 1. The maximum absolute atomic E-state index is 13.0. The Hall–Kier alpha value is -3.20. The fraction of sp³-hybridized carbons (Fsp3) is 0.130. The van der Waals surface area contributed by atoms with Crippen LogP contribution in [-0.2, 0) is 21.4 Å². The minimum atomic E-state index is -3.83. The monoisotopic (exact) mass is 468 g/mol. The largest absolute Gasteiger partial charge is 0.310 e. The molecule has 1 amide bonds. The number of aromatic nitrogens is 2. The molecule has 1 heterocycles. The maximum atomic E-state index is 13.0. The lowest BCUT2D eigenvalue weighted by Gasteiger charge is -2.17. The van der Waals surface area contributed by atoms with Gasteiger partial charge in [-0.25, -0.2) is 13.1 Å². The van der Waals surface area contributed by atoms with Gasteiger partial charge in [0.1, 0.15) is 5.82 Å². The summed E-state index contributed by atoms with van der Waals surface area (Å²) < 4.78 is 28.6. The summed E-state index contributed by atoms with van der Waals surface area (Å²) in [5.41, 5.74) is 0.963. The predicted molar refractivity (Wildman–Crippen MR) is 125 cm³/mol. The van der Waals surface area contributed by atoms with E-state index in [0.717, 1.165) is 20.6 Å². The summed E-state index contributed by atoms with van der Waals surface area (Å²) in [6, 6.07) is 21.4. The molecule has 0 fully saturated rings. The van der Waals surface area contributed by atoms with Crippen molar-refractivity contribution in [1.82, 2.24) is 14.1 Å². The van der Waals surface area contributed by atoms with Crippen molar-refractivity contribution < 1.29 is 13.2 Å². The Kier molecular flexibility index (Phi) is 6.27. The van der Waals surface area contributed by atoms with E-state index in [0.29, 0.717) is 17.4 Å². The smallest absolute Gasteiger partial charge is 0.243 e. The third-order valence-corrected chi connectivity index (χ3v) is 7.08. The van der Waals surface area contributed by atoms with Crippen LogP contribution in [0.15, 0.2) is 83.9 Å². The SMILES string of the molecule is CN(CC(=O)Nc1ccnn1Cc1ccc(Cl)cc1)S(=O)(=O)c1ccc2ccccc2c1. The quantitative estimate of drug-likeness (QED) is 0.444. The lowest BCUT2D eigenvalue weighted by Crippen LogP contribution is -2.35. The van der Waals surface area contributed by atoms with E-state index in [4.69, 9.17) is 11.6 Å². The molecule has 7 nitrogen and oxygen atoms in total. The van der Waals surface area contributed by atoms with Gasteiger partial charge in [-0.15, -0.1) is 0 Å². The van der Waals surface area contributed by atoms with Gasteiger partial charge in [0.2, 0.25) is 15.9 Å². The molecule has 0 radical (unpaired) electrons. The number of benzene rings is 3. The highest BCUT2D eigenvalue weighted by atomic mass is 35.5. The van der Waals surface area contributed by atoms with E-state index < -0.39 is 15.9 Å². The molecule has 0 saturated carbocycles. The molecule has 1 aromatic heterocycles. The number of sulfonamides is 1. The van der Waals surface area contributed by atoms with Crippen LogP contribution in [0.1, 0.15) is 5.56 Å². The molecule has 0 saturated heterocycles. The van der Waals surface area contributed by atoms with Crippen molar-refractivity contribution >= 4 is 44.1 Å². The molecule has 0 spiro atoms. The standard InChI is InChI=1S/C23H21ClN4O3S/c1-27(32(30,31)21-11-8-18-4-2-3-5-19(18)14-21)16-23(29)26-22-12-13-25-28(22)15-17-6-9-20(24)10-7-17/h2-14H,15-16H2,1H3,(H,26,29). The molecule has 0 aliphatic carbocycles. The Morgan fingerprint density at radius 3 is 2.50 bits per heavy atom. The molecule has 4 aromatic rings. The number of halogens is 1. The molecular formula is C23H21ClN4O3S. The summed E-state index contributed by atoms with van der Waals surface area (Å²) in [4.78, 5) is 12.7. The highest BCUT2D eigenvalue weighted by molar-refractivity contribution is 7.89. The van der Waals surface area contributed by atoms with Crippen molar-refractivity contribution in [1.29, 1.82) is 0 Å². The first kappa shape index (κ1) is 22.0. The Labute approximate surface area is 191 Å². The van der Waals surface area contributed by atoms with Crippen LogP contribution in [0, 0.1) is 0 Å². The van der Waals surface area contributed by atoms with Gasteiger partial charge in [0.25, 0.3) is 0 Å². The normalized spacial score (nSPS) is 11.7. The van der Waals surface area contributed by atoms with E-state index in [-0.39, 0.29) is 11.4 Å². The number of likely N-dealkylation sites (N-methyl/N-ethyl adjacent to an activating group) is 1. The van der Waals surface area contributed by atoms with Crippen LogP contribution >= 0.6 is 11.6 Å². The number of amides is 1. The van der Waals surface area contributed by atoms with Crippen molar-refractivity contribution in [3.63, 3.8) is 0 Å². The number of carbonyl (C=O) groups is 1. The van der Waals surface area contributed by atoms with Gasteiger partial charge in [0.05, 0.1) is 24.2 Å². The van der Waals surface area contributed by atoms with Gasteiger partial charge in [-0.3, -0.25) is 4.79 Å². The zero-order valence-corrected chi connectivity index (χ0v) is 18.8. The predicted octanol–water partition coefficient (Wildman–Crippen LogP) is 4.00. The number of nitrogens with one attached hydrogen (secondary N) is 1. The highest BCUT2D eigenvalue weighted by Crippen LogP contribution is 2.21. The topological polar surface area (TPSA) is 84.3 Å². The zero-order valence-electron chi connectivity index (χ0n) is 17.3. The second-order valence-corrected chi connectivity index (χ2v) is 9.80. The van der Waals surface area contributed by atoms with Gasteiger partial charge in [0, 0.05) is 18.1 Å². The Morgan fingerprint density at radius 2 is 1.75 bits per heavy atom. The summed E-state index contributed by atoms with van der Waals surface area (Å²) in [5.74, 6) is 0.0103. The third-order valence-electron chi connectivity index (χ3n) is 5.03. The van der Waals surface area contributed by atoms with E-state index in [1.165, 1.54) is 7.05 Å². The van der Waals surface area contributed by atoms with Crippen LogP contribution in [0.2, 0.25) is 5.02 Å². The molecule has 0 aliphatic rings. The first-order valence-electron chi connectivity index (χ1n) is 9.84. The van der Waals surface area contributed by atoms with Gasteiger partial charge in [-0.1, -0.05) is 54.1 Å². The first-order chi connectivity index (χ1) is 15.3. The number of carbonyl (C=O) groups excluding carboxylic acids is 1. The molecule has 32 heavy (non-hydrogen) atoms. The van der Waals surface area contributed by atoms with Gasteiger partial charge in [0.15, 0.2) is 0 Å². The lowest BCUT2D eigenvalue weighted by atomic mass is 10.1. The molecule has 0 unspecified atom stereocenters. The maximum Gasteiger partial charge on any atom is 0.243 e. The minimum Gasteiger partial charge on any atom is -0.310 e. The van der Waals surface area contributed by atoms with E-state index >= 15 is 0 Å². The average Bonchev–Trinajstić information content (AvgIpc) is 3.21. The van der Waals surface area contributed by atoms with Crippen LogP contribution in [0.3, 0.4) is 0 Å². The van der Waals surface area contributed by atoms with Crippen molar-refractivity contribution in [3.05, 3.63) is 89.6 Å². The fourth-order valence-electron chi connectivity index (χ4n) is 3.30. The molecule has 1 N–H and O–H groups in total. The van der Waals surface area contributed by atoms with Crippen LogP contribution in [0.4, 0.5) is 5.82 Å². The van der Waals surface area contributed by atoms with Crippen molar-refractivity contribution in [2.45, 2.75) is 11.4 Å². The molecule has 0 atom stereocenters. The van der Waals surface area contributed by atoms with Gasteiger partial charge < -0.3 is 5.32 Å². The van der Waals surface area contributed by atoms with Crippen LogP contribution < -0.4 is 5.32 Å². The van der Waals surface area contributed by atoms with Crippen molar-refractivity contribution in [3.8, 4) is 0 Å². The summed E-state index contributed by atoms with van der Waals surface area (Å²) in [5, 5.41) is 9.36. The molecule has 0 aliphatic heterocycles. The number of nitrogens with zero attached hydrogens (tertiary/aromatic N) is 3. The zero-order chi connectivity index (χ0) is 22.7. The van der Waals surface area contributed by atoms with E-state index in [2.05, 4.69) is 10.4 Å². The second kappa shape index (κ2) is 9.12. The first-order valence-corrected chi connectivity index (χ1v) is 11.7. The van der Waals surface area contributed by atoms with Crippen molar-refractivity contribution in [2.75, 3.05) is 18.9 Å². The summed E-state index contributed by atoms with van der Waals surface area (Å²) >= 11 is 5.92. The van der Waals surface area contributed by atoms with Crippen LogP contribution in [0.5, 0.6) is 0 Å². The fourth-order valence-corrected chi connectivity index (χ4v) is 4.59. The number of rotatable bonds is 7. The summed E-state index contributed by atoms with van der Waals surface area (Å²) in [6.45, 7) is 0.103. The molecular weight excluding hydrogens is 448 g/mol. The Bertz CT molecular complexity index is 1370. The van der Waals surface area contributed by atoms with Gasteiger partial charge in [-0.2, -0.15) is 9.40 Å². The average molecular weight is 469 g/mol. The number of fused-ring (bicyclic) bond motifs is 1. The molecule has 164 valence electrons. The second-order valence-electron chi connectivity index (χ2n) is 7.32. The van der Waals surface area contributed by atoms with Crippen LogP contribution in [-0.4, -0.2) is 42.0 Å². The van der Waals surface area contributed by atoms with Crippen molar-refractivity contribution in [2.24, 2.45) is 0 Å². The molecule has 4 rings (SSSR count). The minimum absolute atomic E-state index is 0.138. The molecule has 0 bridgehead atoms. The molecule has 3 aromatic carbocycles. The van der Waals surface area contributed by atoms with E-state index in [1.807, 2.05) is 36.4 Å². The Balaban J connectivity index is 1.44. The van der Waals surface area contributed by atoms with Gasteiger partial charge >= 0.3 is 0 Å². The third kappa shape index (κ3) is 4.83. The number of anilines is 1. The van der Waals surface area contributed by atoms with E-state index in [9.17, 15) is 13.2 Å². The van der Waals surface area contributed by atoms with E-state index in [1.54, 1.807) is 47.3 Å². The lowest BCUT2D eigenvalue weighted by molar-refractivity contribution is -0.116.